The average Bonchev–Trinajstić information content (AvgIpc) is 1.27. The van der Waals surface area contributed by atoms with Crippen molar-refractivity contribution in [3.8, 4) is 91.3 Å². The maximum Gasteiger partial charge on any atom is 0.199 e. The number of hydrogen-bond donors (Lipinski definition) is 2. The Hall–Kier alpha value is -7.99. The molecule has 2 unspecified atom stereocenters. The predicted molar refractivity (Wildman–Crippen MR) is 360 cm³/mol. The molecule has 0 amide bonds. The van der Waals surface area contributed by atoms with Crippen molar-refractivity contribution in [3.63, 3.8) is 0 Å². The molecule has 0 bridgehead atoms. The van der Waals surface area contributed by atoms with E-state index in [0.29, 0.717) is 46.1 Å². The second-order valence-corrected chi connectivity index (χ2v) is 22.9. The number of aromatic nitrogens is 6. The van der Waals surface area contributed by atoms with Gasteiger partial charge in [-0.1, -0.05) is 33.9 Å². The second-order valence-electron chi connectivity index (χ2n) is 22.9. The molecule has 2 heterocycles. The molecule has 0 aliphatic rings. The maximum atomic E-state index is 13.4. The van der Waals surface area contributed by atoms with Gasteiger partial charge in [0.05, 0.1) is 11.1 Å². The van der Waals surface area contributed by atoms with E-state index in [0.717, 1.165) is 66.8 Å². The van der Waals surface area contributed by atoms with Crippen molar-refractivity contribution in [2.75, 3.05) is 0 Å². The summed E-state index contributed by atoms with van der Waals surface area (Å²) in [6.45, 7) is 53.5. The van der Waals surface area contributed by atoms with Crippen molar-refractivity contribution >= 4 is 25.9 Å². The van der Waals surface area contributed by atoms with Crippen LogP contribution in [0.1, 0.15) is 153 Å². The van der Waals surface area contributed by atoms with E-state index in [-0.39, 0.29) is 40.6 Å². The van der Waals surface area contributed by atoms with Crippen LogP contribution >= 0.6 is 0 Å². The van der Waals surface area contributed by atoms with E-state index in [2.05, 4.69) is 138 Å². The van der Waals surface area contributed by atoms with E-state index in [9.17, 15) is 19.8 Å². The molecule has 87 heavy (non-hydrogen) atoms. The van der Waals surface area contributed by atoms with Crippen LogP contribution in [0.3, 0.4) is 0 Å². The zero-order chi connectivity index (χ0) is 65.1. The molecule has 0 saturated carbocycles. The van der Waals surface area contributed by atoms with Gasteiger partial charge in [-0.05, 0) is 288 Å². The van der Waals surface area contributed by atoms with Gasteiger partial charge in [-0.3, -0.25) is 0 Å². The van der Waals surface area contributed by atoms with E-state index in [1.54, 1.807) is 38.1 Å². The Morgan fingerprint density at radius 3 is 0.747 bits per heavy atom. The summed E-state index contributed by atoms with van der Waals surface area (Å²) in [5, 5.41) is 23.3. The van der Waals surface area contributed by atoms with E-state index >= 15 is 0 Å². The third-order valence-corrected chi connectivity index (χ3v) is 18.7. The molecule has 6 aromatic carbocycles. The maximum absolute atomic E-state index is 13.4. The first-order chi connectivity index (χ1) is 41.0. The highest BCUT2D eigenvalue weighted by molar-refractivity contribution is 6.89. The number of carbonyl (C=O) groups excluding carboxylic acids is 2. The number of rotatable bonds is 16. The Morgan fingerprint density at radius 2 is 0.540 bits per heavy atom. The second kappa shape index (κ2) is 27.8. The summed E-state index contributed by atoms with van der Waals surface area (Å²) in [6.07, 6.45) is -1.86. The molecular weight excluding hydrogens is 1080 g/mol. The molecule has 8 aromatic rings. The highest BCUT2D eigenvalue weighted by atomic mass is 16.5. The van der Waals surface area contributed by atoms with Crippen molar-refractivity contribution in [2.45, 2.75) is 198 Å². The summed E-state index contributed by atoms with van der Waals surface area (Å²) >= 11 is 0. The minimum atomic E-state index is -0.944. The molecule has 0 saturated heterocycles. The first-order valence-corrected chi connectivity index (χ1v) is 30.5. The largest absolute Gasteiger partial charge is 0.507 e. The lowest BCUT2D eigenvalue weighted by Crippen LogP contribution is -2.33. The lowest BCUT2D eigenvalue weighted by atomic mass is 9.50. The molecule has 2 atom stereocenters. The van der Waals surface area contributed by atoms with Gasteiger partial charge in [0.15, 0.2) is 49.5 Å². The van der Waals surface area contributed by atoms with Crippen LogP contribution in [0.15, 0.2) is 36.4 Å². The number of carbonyl (C=O) groups is 2. The minimum absolute atomic E-state index is 0.0253. The van der Waals surface area contributed by atoms with Crippen molar-refractivity contribution < 1.29 is 29.3 Å². The molecule has 2 radical (unpaired) electrons. The topological polar surface area (TPSA) is 170 Å². The molecule has 12 nitrogen and oxygen atoms in total. The highest BCUT2D eigenvalue weighted by Gasteiger charge is 2.27. The van der Waals surface area contributed by atoms with Crippen LogP contribution in [0.25, 0.3) is 68.3 Å². The fourth-order valence-corrected chi connectivity index (χ4v) is 11.5. The first kappa shape index (κ1) is 68.1. The van der Waals surface area contributed by atoms with E-state index in [1.165, 1.54) is 93.5 Å². The molecule has 2 N–H and O–H groups in total. The molecule has 2 aromatic heterocycles. The number of aromatic hydroxyl groups is 2. The molecule has 454 valence electrons. The van der Waals surface area contributed by atoms with Gasteiger partial charge in [-0.15, -0.1) is 0 Å². The molecule has 14 heteroatoms. The van der Waals surface area contributed by atoms with Gasteiger partial charge in [0, 0.05) is 34.4 Å². The monoisotopic (exact) mass is 1170 g/mol. The molecule has 0 fully saturated rings. The smallest absolute Gasteiger partial charge is 0.199 e. The van der Waals surface area contributed by atoms with Gasteiger partial charge in [0.25, 0.3) is 0 Å². The van der Waals surface area contributed by atoms with Crippen LogP contribution in [0.4, 0.5) is 0 Å². The summed E-state index contributed by atoms with van der Waals surface area (Å²) in [6, 6.07) is 9.64. The quantitative estimate of drug-likeness (QED) is 0.0879. The molecular formula is C73H90B2N6O6. The number of ether oxygens (including phenoxy) is 2. The van der Waals surface area contributed by atoms with Crippen LogP contribution < -0.4 is 9.47 Å². The van der Waals surface area contributed by atoms with Gasteiger partial charge >= 0.3 is 0 Å². The van der Waals surface area contributed by atoms with Crippen LogP contribution in [0.2, 0.25) is 6.22 Å². The first-order valence-electron chi connectivity index (χ1n) is 30.5. The number of phenolic OH excluding ortho intramolecular Hbond substituents is 2. The third kappa shape index (κ3) is 13.3. The number of phenols is 2. The Morgan fingerprint density at radius 1 is 0.345 bits per heavy atom. The summed E-state index contributed by atoms with van der Waals surface area (Å²) < 4.78 is 12.1. The van der Waals surface area contributed by atoms with Crippen molar-refractivity contribution in [2.24, 2.45) is 0 Å². The standard InChI is InChI=1S/C69H78B2N6O6.2C2H6/c1-30-34(5)42(13)58(43(14)35(30)6)66-72-64(73-67(76-66)59-44(15)36(7)31(2)37(8)45(59)16)54-25-23-52(27-56(54)78)82-50(21)62(80)70-29-71-63(81)51(22)83-53-24-26-55(57(79)28-53)65-74-68(60-46(17)38(9)32(3)39(10)47(60)18)77-69(75-65)61-48(19)40(11)33(4)41(12)49(61)20;2*1-2/h23-28,50-51,78-79H,29H2,1-22H3;2*1-2H3. The fraction of sp³-hybridized carbons (Fsp3) is 0.397. The predicted octanol–water partition coefficient (Wildman–Crippen LogP) is 16.8. The lowest BCUT2D eigenvalue weighted by molar-refractivity contribution is -0.117. The van der Waals surface area contributed by atoms with Gasteiger partial charge in [0.2, 0.25) is 0 Å². The fourth-order valence-electron chi connectivity index (χ4n) is 11.5. The summed E-state index contributed by atoms with van der Waals surface area (Å²) in [7, 11) is 2.77. The van der Waals surface area contributed by atoms with Crippen LogP contribution in [0.5, 0.6) is 23.0 Å². The Kier molecular flexibility index (Phi) is 21.8. The normalized spacial score (nSPS) is 11.7. The minimum Gasteiger partial charge on any atom is -0.507 e. The Labute approximate surface area is 520 Å². The number of hydrogen-bond acceptors (Lipinski definition) is 12. The van der Waals surface area contributed by atoms with E-state index < -0.39 is 12.2 Å². The van der Waals surface area contributed by atoms with E-state index in [1.807, 2.05) is 27.7 Å². The summed E-state index contributed by atoms with van der Waals surface area (Å²) in [5.74, 6) is 2.93. The highest BCUT2D eigenvalue weighted by Crippen LogP contribution is 2.42. The van der Waals surface area contributed by atoms with Crippen LogP contribution in [-0.4, -0.2) is 78.2 Å². The average molecular weight is 1170 g/mol. The van der Waals surface area contributed by atoms with Crippen molar-refractivity contribution in [1.82, 2.24) is 29.9 Å². The van der Waals surface area contributed by atoms with Gasteiger partial charge in [0.1, 0.15) is 46.6 Å². The molecule has 0 spiro atoms. The summed E-state index contributed by atoms with van der Waals surface area (Å²) in [5.41, 5.74) is 26.7. The molecule has 8 rings (SSSR count). The van der Waals surface area contributed by atoms with Gasteiger partial charge < -0.3 is 29.3 Å². The Bertz CT molecular complexity index is 3470. The zero-order valence-electron chi connectivity index (χ0n) is 56.7. The van der Waals surface area contributed by atoms with Gasteiger partial charge in [-0.2, -0.15) is 0 Å². The van der Waals surface area contributed by atoms with Crippen LogP contribution in [0, 0.1) is 138 Å². The van der Waals surface area contributed by atoms with Crippen LogP contribution in [-0.2, 0) is 9.59 Å². The van der Waals surface area contributed by atoms with Crippen molar-refractivity contribution in [3.05, 3.63) is 148 Å². The molecule has 0 aliphatic carbocycles. The number of nitrogens with zero attached hydrogens (tertiary/aromatic N) is 6. The summed E-state index contributed by atoms with van der Waals surface area (Å²) in [4.78, 5) is 57.4. The SMILES string of the molecule is CC.CC.Cc1c(C)c(C)c(-c2nc(-c3ccc(OC(C)C(=O)[B]C[B]C(=O)C(C)Oc4ccc(-c5nc(-c6c(C)c(C)c(C)c(C)c6C)nc(-c6c(C)c(C)c(C)c(C)c6C)n5)c(O)c4)cc3O)nc(-c3c(C)c(C)c(C)c(C)c3C)n2)c(C)c1C. The lowest BCUT2D eigenvalue weighted by Gasteiger charge is -2.21. The van der Waals surface area contributed by atoms with Crippen molar-refractivity contribution in [1.29, 1.82) is 0 Å². The third-order valence-electron chi connectivity index (χ3n) is 18.7. The number of benzene rings is 6. The Balaban J connectivity index is 0.00000296. The molecule has 0 aliphatic heterocycles. The van der Waals surface area contributed by atoms with E-state index in [4.69, 9.17) is 39.4 Å². The van der Waals surface area contributed by atoms with Gasteiger partial charge in [-0.25, -0.2) is 29.9 Å². The zero-order valence-corrected chi connectivity index (χ0v) is 56.7.